The fraction of sp³-hybridized carbons (Fsp3) is 0.148. The highest BCUT2D eigenvalue weighted by atomic mass is 32.1. The normalized spacial score (nSPS) is 15.9. The molecule has 2 heterocycles. The maximum Gasteiger partial charge on any atom is 0.271 e. The summed E-state index contributed by atoms with van der Waals surface area (Å²) in [7, 11) is 1.59. The number of carbonyl (C=O) groups excluding carboxylic acids is 1. The van der Waals surface area contributed by atoms with Gasteiger partial charge in [0.25, 0.3) is 5.56 Å². The fourth-order valence-corrected chi connectivity index (χ4v) is 5.59. The Hall–Kier alpha value is -3.97. The number of methoxy groups -OCH3 is 1. The molecule has 0 aliphatic carbocycles. The molecule has 170 valence electrons. The van der Waals surface area contributed by atoms with Crippen LogP contribution in [0.3, 0.4) is 0 Å². The van der Waals surface area contributed by atoms with Gasteiger partial charge < -0.3 is 9.84 Å². The smallest absolute Gasteiger partial charge is 0.271 e. The molecular weight excluding hydrogens is 448 g/mol. The highest BCUT2D eigenvalue weighted by Gasteiger charge is 2.33. The van der Waals surface area contributed by atoms with E-state index >= 15 is 0 Å². The molecule has 0 fully saturated rings. The van der Waals surface area contributed by atoms with E-state index < -0.39 is 6.04 Å². The van der Waals surface area contributed by atoms with Gasteiger partial charge in [0, 0.05) is 16.8 Å². The van der Waals surface area contributed by atoms with Crippen molar-refractivity contribution >= 4 is 34.0 Å². The van der Waals surface area contributed by atoms with Gasteiger partial charge in [-0.2, -0.15) is 0 Å². The summed E-state index contributed by atoms with van der Waals surface area (Å²) in [4.78, 5) is 31.8. The molecule has 0 saturated heterocycles. The van der Waals surface area contributed by atoms with E-state index in [1.807, 2.05) is 42.5 Å². The van der Waals surface area contributed by atoms with Gasteiger partial charge in [-0.05, 0) is 54.5 Å². The van der Waals surface area contributed by atoms with Crippen molar-refractivity contribution in [3.8, 4) is 11.5 Å². The van der Waals surface area contributed by atoms with E-state index in [4.69, 9.17) is 4.74 Å². The second-order valence-corrected chi connectivity index (χ2v) is 9.14. The number of aromatic nitrogens is 1. The third kappa shape index (κ3) is 3.54. The van der Waals surface area contributed by atoms with Crippen molar-refractivity contribution < 1.29 is 14.6 Å². The third-order valence-electron chi connectivity index (χ3n) is 5.99. The first-order chi connectivity index (χ1) is 16.4. The van der Waals surface area contributed by atoms with Gasteiger partial charge in [-0.3, -0.25) is 14.2 Å². The first-order valence-electron chi connectivity index (χ1n) is 10.8. The summed E-state index contributed by atoms with van der Waals surface area (Å²) < 4.78 is 7.78. The van der Waals surface area contributed by atoms with Crippen LogP contribution in [0.2, 0.25) is 0 Å². The highest BCUT2D eigenvalue weighted by molar-refractivity contribution is 7.07. The minimum atomic E-state index is -0.680. The lowest BCUT2D eigenvalue weighted by molar-refractivity contribution is -0.114. The molecule has 0 radical (unpaired) electrons. The number of phenols is 1. The van der Waals surface area contributed by atoms with Crippen molar-refractivity contribution in [2.24, 2.45) is 4.99 Å². The molecule has 0 bridgehead atoms. The number of nitrogens with zero attached hydrogens (tertiary/aromatic N) is 2. The molecule has 3 aromatic carbocycles. The number of ether oxygens (including phenoxy) is 1. The number of phenolic OH excluding ortho intramolecular Hbond substituents is 1. The standard InChI is InChI=1S/C27H22N2O4S/c1-15-23(16(2)30)25(24-20-10-5-4-8-18(20)11-12-21(24)33-3)29-26(32)22(34-27(29)28-15)14-17-7-6-9-19(31)13-17/h4-14,25,31H,1-3H3/t25-/m1/s1. The number of hydrogen-bond donors (Lipinski definition) is 1. The first-order valence-corrected chi connectivity index (χ1v) is 11.6. The zero-order valence-electron chi connectivity index (χ0n) is 18.9. The second-order valence-electron chi connectivity index (χ2n) is 8.14. The Morgan fingerprint density at radius 2 is 1.94 bits per heavy atom. The predicted octanol–water partition coefficient (Wildman–Crippen LogP) is 3.69. The van der Waals surface area contributed by atoms with Gasteiger partial charge in [0.2, 0.25) is 0 Å². The van der Waals surface area contributed by atoms with Crippen LogP contribution in [-0.4, -0.2) is 22.6 Å². The van der Waals surface area contributed by atoms with Crippen LogP contribution in [0.1, 0.15) is 31.0 Å². The Bertz CT molecular complexity index is 1680. The quantitative estimate of drug-likeness (QED) is 0.493. The zero-order valence-corrected chi connectivity index (χ0v) is 19.7. The predicted molar refractivity (Wildman–Crippen MR) is 133 cm³/mol. The molecule has 1 aromatic heterocycles. The van der Waals surface area contributed by atoms with Gasteiger partial charge >= 0.3 is 0 Å². The van der Waals surface area contributed by atoms with Crippen molar-refractivity contribution in [2.45, 2.75) is 19.9 Å². The maximum atomic E-state index is 13.7. The summed E-state index contributed by atoms with van der Waals surface area (Å²) in [5, 5.41) is 11.7. The van der Waals surface area contributed by atoms with Crippen LogP contribution < -0.4 is 19.6 Å². The molecule has 34 heavy (non-hydrogen) atoms. The van der Waals surface area contributed by atoms with E-state index in [0.717, 1.165) is 16.3 Å². The van der Waals surface area contributed by atoms with Gasteiger partial charge in [-0.15, -0.1) is 0 Å². The number of rotatable bonds is 4. The molecule has 0 saturated carbocycles. The Balaban J connectivity index is 1.87. The van der Waals surface area contributed by atoms with Crippen LogP contribution in [0.5, 0.6) is 11.5 Å². The van der Waals surface area contributed by atoms with Crippen molar-refractivity contribution in [3.05, 3.63) is 103 Å². The van der Waals surface area contributed by atoms with E-state index in [1.54, 1.807) is 42.9 Å². The topological polar surface area (TPSA) is 80.9 Å². The average molecular weight is 471 g/mol. The second kappa shape index (κ2) is 8.43. The molecular formula is C27H22N2O4S. The van der Waals surface area contributed by atoms with E-state index in [0.29, 0.717) is 31.9 Å². The Labute approximate surface area is 199 Å². The summed E-state index contributed by atoms with van der Waals surface area (Å²) in [6.45, 7) is 3.30. The van der Waals surface area contributed by atoms with Crippen molar-refractivity contribution in [2.75, 3.05) is 7.11 Å². The number of ketones is 1. The van der Waals surface area contributed by atoms with Gasteiger partial charge in [-0.1, -0.05) is 53.8 Å². The Morgan fingerprint density at radius 1 is 1.15 bits per heavy atom. The molecule has 1 N–H and O–H groups in total. The molecule has 0 spiro atoms. The monoisotopic (exact) mass is 470 g/mol. The van der Waals surface area contributed by atoms with Crippen LogP contribution in [0, 0.1) is 0 Å². The number of hydrogen-bond acceptors (Lipinski definition) is 6. The summed E-state index contributed by atoms with van der Waals surface area (Å²) in [6.07, 6.45) is 1.73. The molecule has 1 aliphatic rings. The van der Waals surface area contributed by atoms with Crippen LogP contribution in [0.4, 0.5) is 0 Å². The lowest BCUT2D eigenvalue weighted by atomic mass is 9.89. The fourth-order valence-electron chi connectivity index (χ4n) is 4.55. The lowest BCUT2D eigenvalue weighted by Crippen LogP contribution is -2.39. The number of Topliss-reactive ketones (excluding diaryl/α,β-unsaturated/α-hetero) is 1. The van der Waals surface area contributed by atoms with E-state index in [-0.39, 0.29) is 17.1 Å². The molecule has 5 rings (SSSR count). The number of fused-ring (bicyclic) bond motifs is 2. The van der Waals surface area contributed by atoms with Crippen LogP contribution >= 0.6 is 11.3 Å². The summed E-state index contributed by atoms with van der Waals surface area (Å²) >= 11 is 1.26. The van der Waals surface area contributed by atoms with Crippen molar-refractivity contribution in [1.29, 1.82) is 0 Å². The molecule has 7 heteroatoms. The van der Waals surface area contributed by atoms with E-state index in [9.17, 15) is 14.7 Å². The average Bonchev–Trinajstić information content (AvgIpc) is 3.11. The molecule has 0 amide bonds. The number of thiazole rings is 1. The number of benzene rings is 3. The third-order valence-corrected chi connectivity index (χ3v) is 6.98. The van der Waals surface area contributed by atoms with E-state index in [1.165, 1.54) is 18.3 Å². The zero-order chi connectivity index (χ0) is 24.0. The van der Waals surface area contributed by atoms with Gasteiger partial charge in [0.15, 0.2) is 10.6 Å². The largest absolute Gasteiger partial charge is 0.508 e. The van der Waals surface area contributed by atoms with Gasteiger partial charge in [0.1, 0.15) is 11.5 Å². The van der Waals surface area contributed by atoms with Crippen LogP contribution in [-0.2, 0) is 4.79 Å². The SMILES string of the molecule is COc1ccc2ccccc2c1[C@H]1C(C(C)=O)=C(C)N=c2sc(=Cc3cccc(O)c3)c(=O)n21. The summed E-state index contributed by atoms with van der Waals surface area (Å²) in [5.74, 6) is 0.567. The number of allylic oxidation sites excluding steroid dienone is 2. The van der Waals surface area contributed by atoms with Crippen molar-refractivity contribution in [3.63, 3.8) is 0 Å². The maximum absolute atomic E-state index is 13.7. The van der Waals surface area contributed by atoms with Crippen LogP contribution in [0.15, 0.2) is 81.7 Å². The molecule has 4 aromatic rings. The van der Waals surface area contributed by atoms with E-state index in [2.05, 4.69) is 4.99 Å². The summed E-state index contributed by atoms with van der Waals surface area (Å²) in [5.41, 5.74) is 2.25. The van der Waals surface area contributed by atoms with Crippen LogP contribution in [0.25, 0.3) is 16.8 Å². The highest BCUT2D eigenvalue weighted by Crippen LogP contribution is 2.40. The minimum absolute atomic E-state index is 0.120. The van der Waals surface area contributed by atoms with Crippen molar-refractivity contribution in [1.82, 2.24) is 4.57 Å². The Kier molecular flexibility index (Phi) is 5.42. The Morgan fingerprint density at radius 3 is 2.68 bits per heavy atom. The minimum Gasteiger partial charge on any atom is -0.508 e. The molecule has 1 aliphatic heterocycles. The molecule has 1 atom stereocenters. The first kappa shape index (κ1) is 21.9. The van der Waals surface area contributed by atoms with Gasteiger partial charge in [-0.25, -0.2) is 4.99 Å². The van der Waals surface area contributed by atoms with Gasteiger partial charge in [0.05, 0.1) is 17.7 Å². The number of carbonyl (C=O) groups is 1. The molecule has 6 nitrogen and oxygen atoms in total. The summed E-state index contributed by atoms with van der Waals surface area (Å²) in [6, 6.07) is 17.7. The number of aromatic hydroxyl groups is 1. The lowest BCUT2D eigenvalue weighted by Gasteiger charge is -2.27. The molecule has 0 unspecified atom stereocenters.